The molecule has 1 aromatic rings. The highest BCUT2D eigenvalue weighted by molar-refractivity contribution is 5.78. The van der Waals surface area contributed by atoms with Gasteiger partial charge in [0.2, 0.25) is 0 Å². The van der Waals surface area contributed by atoms with Crippen LogP contribution in [0.2, 0.25) is 0 Å². The molecule has 1 unspecified atom stereocenters. The van der Waals surface area contributed by atoms with Gasteiger partial charge in [-0.3, -0.25) is 0 Å². The molecule has 0 radical (unpaired) electrons. The van der Waals surface area contributed by atoms with Gasteiger partial charge in [-0.2, -0.15) is 0 Å². The summed E-state index contributed by atoms with van der Waals surface area (Å²) in [5, 5.41) is 0. The summed E-state index contributed by atoms with van der Waals surface area (Å²) in [7, 11) is 0. The molecule has 0 saturated heterocycles. The Morgan fingerprint density at radius 3 is 2.79 bits per heavy atom. The highest BCUT2D eigenvalue weighted by Gasteiger charge is 2.29. The molecule has 2 aliphatic carbocycles. The van der Waals surface area contributed by atoms with Crippen LogP contribution in [0, 0.1) is 0 Å². The van der Waals surface area contributed by atoms with Crippen molar-refractivity contribution in [1.29, 1.82) is 0 Å². The van der Waals surface area contributed by atoms with E-state index in [0.717, 1.165) is 0 Å². The van der Waals surface area contributed by atoms with Gasteiger partial charge < -0.3 is 5.73 Å². The van der Waals surface area contributed by atoms with Crippen molar-refractivity contribution in [3.05, 3.63) is 41.0 Å². The van der Waals surface area contributed by atoms with Gasteiger partial charge in [-0.1, -0.05) is 24.3 Å². The van der Waals surface area contributed by atoms with Crippen LogP contribution in [0.1, 0.15) is 42.9 Å². The molecule has 0 spiro atoms. The second-order valence-electron chi connectivity index (χ2n) is 4.28. The first-order chi connectivity index (χ1) is 6.88. The minimum Gasteiger partial charge on any atom is -0.321 e. The van der Waals surface area contributed by atoms with Gasteiger partial charge in [0.15, 0.2) is 0 Å². The summed E-state index contributed by atoms with van der Waals surface area (Å²) < 4.78 is 0. The summed E-state index contributed by atoms with van der Waals surface area (Å²) in [6.45, 7) is 0. The summed E-state index contributed by atoms with van der Waals surface area (Å²) in [4.78, 5) is 0. The van der Waals surface area contributed by atoms with E-state index in [4.69, 9.17) is 5.73 Å². The number of allylic oxidation sites excluding steroid dienone is 1. The number of fused-ring (bicyclic) bond motifs is 2. The lowest BCUT2D eigenvalue weighted by atomic mass is 9.91. The van der Waals surface area contributed by atoms with Gasteiger partial charge in [-0.05, 0) is 48.0 Å². The maximum atomic E-state index is 6.24. The molecule has 2 N–H and O–H groups in total. The van der Waals surface area contributed by atoms with Crippen molar-refractivity contribution in [3.8, 4) is 0 Å². The van der Waals surface area contributed by atoms with Gasteiger partial charge in [0.1, 0.15) is 0 Å². The maximum Gasteiger partial charge on any atom is 0.0522 e. The molecule has 3 rings (SSSR count). The second-order valence-corrected chi connectivity index (χ2v) is 4.28. The molecule has 0 saturated carbocycles. The minimum atomic E-state index is 0.196. The first-order valence-corrected chi connectivity index (χ1v) is 5.45. The first kappa shape index (κ1) is 8.25. The predicted octanol–water partition coefficient (Wildman–Crippen LogP) is 3.03. The lowest BCUT2D eigenvalue weighted by molar-refractivity contribution is 0.676. The number of hydrogen-bond donors (Lipinski definition) is 1. The Morgan fingerprint density at radius 1 is 1.07 bits per heavy atom. The average Bonchev–Trinajstić information content (AvgIpc) is 2.55. The van der Waals surface area contributed by atoms with Crippen LogP contribution in [0.4, 0.5) is 0 Å². The fourth-order valence-corrected chi connectivity index (χ4v) is 2.81. The van der Waals surface area contributed by atoms with Gasteiger partial charge >= 0.3 is 0 Å². The molecule has 0 fully saturated rings. The summed E-state index contributed by atoms with van der Waals surface area (Å²) >= 11 is 0. The normalized spacial score (nSPS) is 24.8. The van der Waals surface area contributed by atoms with E-state index in [1.165, 1.54) is 42.4 Å². The van der Waals surface area contributed by atoms with E-state index in [2.05, 4.69) is 24.3 Å². The molecule has 0 aliphatic heterocycles. The van der Waals surface area contributed by atoms with Crippen molar-refractivity contribution < 1.29 is 0 Å². The van der Waals surface area contributed by atoms with Crippen LogP contribution in [0.5, 0.6) is 0 Å². The van der Waals surface area contributed by atoms with Crippen LogP contribution < -0.4 is 5.73 Å². The summed E-state index contributed by atoms with van der Waals surface area (Å²) in [5.74, 6) is 0. The van der Waals surface area contributed by atoms with Crippen LogP contribution in [0.25, 0.3) is 5.57 Å². The second kappa shape index (κ2) is 2.96. The van der Waals surface area contributed by atoms with Gasteiger partial charge in [0.05, 0.1) is 6.04 Å². The van der Waals surface area contributed by atoms with E-state index in [0.29, 0.717) is 0 Å². The molecule has 0 aromatic heterocycles. The Labute approximate surface area is 84.6 Å². The SMILES string of the molecule is NC1C2=C(CCCC2)c2ccccc21. The standard InChI is InChI=1S/C13H15N/c14-13-11-7-3-1-5-9(11)10-6-2-4-8-12(10)13/h1,3,5,7,13H,2,4,6,8,14H2. The Balaban J connectivity index is 2.18. The predicted molar refractivity (Wildman–Crippen MR) is 58.8 cm³/mol. The topological polar surface area (TPSA) is 26.0 Å². The molecular weight excluding hydrogens is 170 g/mol. The largest absolute Gasteiger partial charge is 0.321 e. The summed E-state index contributed by atoms with van der Waals surface area (Å²) in [6, 6.07) is 8.82. The van der Waals surface area contributed by atoms with E-state index >= 15 is 0 Å². The quantitative estimate of drug-likeness (QED) is 0.660. The summed E-state index contributed by atoms with van der Waals surface area (Å²) in [5.41, 5.74) is 12.1. The molecule has 72 valence electrons. The third-order valence-electron chi connectivity index (χ3n) is 3.51. The van der Waals surface area contributed by atoms with Gasteiger partial charge in [-0.25, -0.2) is 0 Å². The third-order valence-corrected chi connectivity index (χ3v) is 3.51. The van der Waals surface area contributed by atoms with E-state index in [1.54, 1.807) is 5.57 Å². The Bertz CT molecular complexity index is 403. The first-order valence-electron chi connectivity index (χ1n) is 5.45. The van der Waals surface area contributed by atoms with Crippen LogP contribution in [-0.4, -0.2) is 0 Å². The van der Waals surface area contributed by atoms with Crippen molar-refractivity contribution in [3.63, 3.8) is 0 Å². The van der Waals surface area contributed by atoms with Crippen LogP contribution in [0.3, 0.4) is 0 Å². The Hall–Kier alpha value is -1.08. The molecule has 0 amide bonds. The molecule has 2 aliphatic rings. The number of rotatable bonds is 0. The highest BCUT2D eigenvalue weighted by Crippen LogP contribution is 2.45. The minimum absolute atomic E-state index is 0.196. The Morgan fingerprint density at radius 2 is 1.86 bits per heavy atom. The third kappa shape index (κ3) is 0.992. The molecule has 1 aromatic carbocycles. The molecule has 14 heavy (non-hydrogen) atoms. The van der Waals surface area contributed by atoms with Crippen LogP contribution in [-0.2, 0) is 0 Å². The molecule has 0 heterocycles. The zero-order chi connectivity index (χ0) is 9.54. The number of nitrogens with two attached hydrogens (primary N) is 1. The van der Waals surface area contributed by atoms with Crippen molar-refractivity contribution >= 4 is 5.57 Å². The van der Waals surface area contributed by atoms with Gasteiger partial charge in [0, 0.05) is 0 Å². The summed E-state index contributed by atoms with van der Waals surface area (Å²) in [6.07, 6.45) is 5.10. The fourth-order valence-electron chi connectivity index (χ4n) is 2.81. The van der Waals surface area contributed by atoms with E-state index in [1.807, 2.05) is 0 Å². The highest BCUT2D eigenvalue weighted by atomic mass is 14.7. The van der Waals surface area contributed by atoms with Crippen molar-refractivity contribution in [2.24, 2.45) is 5.73 Å². The molecule has 1 heteroatoms. The van der Waals surface area contributed by atoms with Crippen LogP contribution >= 0.6 is 0 Å². The molecule has 0 bridgehead atoms. The van der Waals surface area contributed by atoms with Gasteiger partial charge in [0.25, 0.3) is 0 Å². The average molecular weight is 185 g/mol. The fraction of sp³-hybridized carbons (Fsp3) is 0.385. The maximum absolute atomic E-state index is 6.24. The van der Waals surface area contributed by atoms with E-state index in [-0.39, 0.29) is 6.04 Å². The zero-order valence-electron chi connectivity index (χ0n) is 8.29. The van der Waals surface area contributed by atoms with Crippen LogP contribution in [0.15, 0.2) is 29.8 Å². The zero-order valence-corrected chi connectivity index (χ0v) is 8.29. The monoisotopic (exact) mass is 185 g/mol. The molecule has 1 nitrogen and oxygen atoms in total. The number of benzene rings is 1. The van der Waals surface area contributed by atoms with E-state index in [9.17, 15) is 0 Å². The van der Waals surface area contributed by atoms with Gasteiger partial charge in [-0.15, -0.1) is 0 Å². The van der Waals surface area contributed by atoms with Crippen molar-refractivity contribution in [2.45, 2.75) is 31.7 Å². The smallest absolute Gasteiger partial charge is 0.0522 e. The number of hydrogen-bond acceptors (Lipinski definition) is 1. The lowest BCUT2D eigenvalue weighted by Gasteiger charge is -2.16. The van der Waals surface area contributed by atoms with Crippen molar-refractivity contribution in [2.75, 3.05) is 0 Å². The van der Waals surface area contributed by atoms with E-state index < -0.39 is 0 Å². The van der Waals surface area contributed by atoms with Crippen molar-refractivity contribution in [1.82, 2.24) is 0 Å². The molecular formula is C13H15N. The Kier molecular flexibility index (Phi) is 1.74. The molecule has 1 atom stereocenters. The lowest BCUT2D eigenvalue weighted by Crippen LogP contribution is -2.11.